The lowest BCUT2D eigenvalue weighted by molar-refractivity contribution is -0.132. The SMILES string of the molecule is Cc1cc(C(O)=C2C(=O)C(=O)N(c3nc4ccc(S(C)(=O)=O)cc4s3)C2c2ccccc2F)c(C)o1. The molecule has 1 aliphatic rings. The average molecular weight is 527 g/mol. The molecule has 1 atom stereocenters. The summed E-state index contributed by atoms with van der Waals surface area (Å²) in [4.78, 5) is 32.1. The number of fused-ring (bicyclic) bond motifs is 1. The summed E-state index contributed by atoms with van der Waals surface area (Å²) in [5.41, 5.74) is 0.309. The number of carbonyl (C=O) groups is 2. The Morgan fingerprint density at radius 1 is 1.14 bits per heavy atom. The van der Waals surface area contributed by atoms with Gasteiger partial charge in [-0.1, -0.05) is 29.5 Å². The van der Waals surface area contributed by atoms with Gasteiger partial charge >= 0.3 is 5.91 Å². The van der Waals surface area contributed by atoms with E-state index in [1.54, 1.807) is 19.9 Å². The molecule has 0 spiro atoms. The number of carbonyl (C=O) groups excluding carboxylic acids is 2. The van der Waals surface area contributed by atoms with E-state index in [1.165, 1.54) is 42.5 Å². The number of benzene rings is 2. The van der Waals surface area contributed by atoms with Crippen molar-refractivity contribution < 1.29 is 31.9 Å². The van der Waals surface area contributed by atoms with E-state index in [-0.39, 0.29) is 26.7 Å². The van der Waals surface area contributed by atoms with Gasteiger partial charge in [0, 0.05) is 11.8 Å². The van der Waals surface area contributed by atoms with Gasteiger partial charge < -0.3 is 9.52 Å². The number of aliphatic hydroxyl groups is 1. The molecule has 8 nitrogen and oxygen atoms in total. The summed E-state index contributed by atoms with van der Waals surface area (Å²) in [5.74, 6) is -2.35. The molecule has 1 unspecified atom stereocenters. The van der Waals surface area contributed by atoms with Crippen LogP contribution >= 0.6 is 11.3 Å². The first kappa shape index (κ1) is 23.9. The summed E-state index contributed by atoms with van der Waals surface area (Å²) in [6.07, 6.45) is 1.08. The molecule has 2 aromatic carbocycles. The molecule has 1 aliphatic heterocycles. The van der Waals surface area contributed by atoms with Crippen LogP contribution in [-0.2, 0) is 19.4 Å². The van der Waals surface area contributed by atoms with E-state index in [9.17, 15) is 23.1 Å². The van der Waals surface area contributed by atoms with Crippen molar-refractivity contribution in [3.63, 3.8) is 0 Å². The van der Waals surface area contributed by atoms with Gasteiger partial charge in [0.1, 0.15) is 29.1 Å². The van der Waals surface area contributed by atoms with Crippen molar-refractivity contribution in [1.82, 2.24) is 4.98 Å². The predicted molar refractivity (Wildman–Crippen MR) is 132 cm³/mol. The molecule has 0 bridgehead atoms. The molecule has 1 amide bonds. The maximum Gasteiger partial charge on any atom is 0.301 e. The number of aliphatic hydroxyl groups excluding tert-OH is 1. The first-order valence-electron chi connectivity index (χ1n) is 10.7. The number of hydrogen-bond donors (Lipinski definition) is 1. The number of aryl methyl sites for hydroxylation is 2. The summed E-state index contributed by atoms with van der Waals surface area (Å²) in [6.45, 7) is 3.27. The number of amides is 1. The highest BCUT2D eigenvalue weighted by atomic mass is 32.2. The van der Waals surface area contributed by atoms with E-state index < -0.39 is 39.1 Å². The van der Waals surface area contributed by atoms with Gasteiger partial charge in [-0.2, -0.15) is 0 Å². The van der Waals surface area contributed by atoms with Crippen molar-refractivity contribution in [2.45, 2.75) is 24.8 Å². The summed E-state index contributed by atoms with van der Waals surface area (Å²) in [5, 5.41) is 11.2. The van der Waals surface area contributed by atoms with Crippen molar-refractivity contribution in [2.75, 3.05) is 11.2 Å². The number of aromatic nitrogens is 1. The number of halogens is 1. The van der Waals surface area contributed by atoms with Crippen LogP contribution in [0.5, 0.6) is 0 Å². The van der Waals surface area contributed by atoms with Gasteiger partial charge in [0.15, 0.2) is 15.0 Å². The Balaban J connectivity index is 1.75. The van der Waals surface area contributed by atoms with E-state index >= 15 is 4.39 Å². The molecular weight excluding hydrogens is 507 g/mol. The largest absolute Gasteiger partial charge is 0.507 e. The molecule has 1 fully saturated rings. The molecule has 0 radical (unpaired) electrons. The van der Waals surface area contributed by atoms with Crippen molar-refractivity contribution >= 4 is 54.0 Å². The van der Waals surface area contributed by atoms with Crippen LogP contribution in [0.1, 0.15) is 28.7 Å². The zero-order chi connectivity index (χ0) is 25.9. The number of thiazole rings is 1. The number of furan rings is 1. The van der Waals surface area contributed by atoms with Crippen molar-refractivity contribution in [1.29, 1.82) is 0 Å². The molecule has 4 aromatic rings. The van der Waals surface area contributed by atoms with E-state index in [0.29, 0.717) is 21.7 Å². The number of ketones is 1. The minimum Gasteiger partial charge on any atom is -0.507 e. The van der Waals surface area contributed by atoms with Crippen LogP contribution in [0.3, 0.4) is 0 Å². The lowest BCUT2D eigenvalue weighted by Crippen LogP contribution is -2.29. The molecule has 3 heterocycles. The van der Waals surface area contributed by atoms with Gasteiger partial charge in [-0.15, -0.1) is 0 Å². The zero-order valence-corrected chi connectivity index (χ0v) is 20.9. The Morgan fingerprint density at radius 3 is 2.50 bits per heavy atom. The first-order chi connectivity index (χ1) is 17.0. The highest BCUT2D eigenvalue weighted by Crippen LogP contribution is 2.45. The summed E-state index contributed by atoms with van der Waals surface area (Å²) in [6, 6.07) is 10.2. The van der Waals surface area contributed by atoms with Gasteiger partial charge in [0.2, 0.25) is 0 Å². The Hall–Kier alpha value is -3.83. The molecular formula is C25H19FN2O6S2. The van der Waals surface area contributed by atoms with E-state index in [2.05, 4.69) is 4.98 Å². The third kappa shape index (κ3) is 3.80. The predicted octanol–water partition coefficient (Wildman–Crippen LogP) is 4.68. The van der Waals surface area contributed by atoms with Crippen LogP contribution in [0.2, 0.25) is 0 Å². The quantitative estimate of drug-likeness (QED) is 0.233. The molecule has 184 valence electrons. The maximum absolute atomic E-state index is 15.0. The van der Waals surface area contributed by atoms with E-state index in [0.717, 1.165) is 22.5 Å². The summed E-state index contributed by atoms with van der Waals surface area (Å²) >= 11 is 0.984. The fraction of sp³-hybridized carbons (Fsp3) is 0.160. The van der Waals surface area contributed by atoms with Crippen LogP contribution in [0.15, 0.2) is 63.4 Å². The average Bonchev–Trinajstić information content (AvgIpc) is 3.46. The number of anilines is 1. The van der Waals surface area contributed by atoms with Crippen molar-refractivity contribution in [3.8, 4) is 0 Å². The molecule has 36 heavy (non-hydrogen) atoms. The lowest BCUT2D eigenvalue weighted by atomic mass is 9.95. The Kier molecular flexibility index (Phi) is 5.56. The smallest absolute Gasteiger partial charge is 0.301 e. The van der Waals surface area contributed by atoms with Gasteiger partial charge in [-0.25, -0.2) is 17.8 Å². The molecule has 0 saturated carbocycles. The van der Waals surface area contributed by atoms with E-state index in [4.69, 9.17) is 4.42 Å². The Morgan fingerprint density at radius 2 is 1.86 bits per heavy atom. The number of hydrogen-bond acceptors (Lipinski definition) is 8. The Bertz CT molecular complexity index is 1720. The first-order valence-corrected chi connectivity index (χ1v) is 13.4. The standard InChI is InChI=1S/C25H19FN2O6S2/c1-12-10-16(13(2)34-12)22(29)20-21(15-6-4-5-7-17(15)26)28(24(31)23(20)30)25-27-18-9-8-14(36(3,32)33)11-19(18)35-25/h4-11,21,29H,1-3H3. The summed E-state index contributed by atoms with van der Waals surface area (Å²) < 4.78 is 44.9. The van der Waals surface area contributed by atoms with Gasteiger partial charge in [-0.05, 0) is 44.2 Å². The fourth-order valence-electron chi connectivity index (χ4n) is 4.26. The second-order valence-electron chi connectivity index (χ2n) is 8.42. The monoisotopic (exact) mass is 526 g/mol. The highest BCUT2D eigenvalue weighted by molar-refractivity contribution is 7.90. The normalized spacial score (nSPS) is 17.9. The third-order valence-electron chi connectivity index (χ3n) is 5.92. The maximum atomic E-state index is 15.0. The van der Waals surface area contributed by atoms with Crippen LogP contribution in [0.4, 0.5) is 9.52 Å². The fourth-order valence-corrected chi connectivity index (χ4v) is 6.01. The molecule has 5 rings (SSSR count). The van der Waals surface area contributed by atoms with E-state index in [1.807, 2.05) is 0 Å². The van der Waals surface area contributed by atoms with Crippen LogP contribution < -0.4 is 4.90 Å². The second-order valence-corrected chi connectivity index (χ2v) is 11.4. The van der Waals surface area contributed by atoms with Crippen LogP contribution in [-0.4, -0.2) is 36.5 Å². The van der Waals surface area contributed by atoms with Crippen LogP contribution in [0, 0.1) is 19.7 Å². The molecule has 0 aliphatic carbocycles. The molecule has 1 N–H and O–H groups in total. The minimum absolute atomic E-state index is 0.00722. The highest BCUT2D eigenvalue weighted by Gasteiger charge is 2.49. The number of rotatable bonds is 4. The van der Waals surface area contributed by atoms with Gasteiger partial charge in [0.05, 0.1) is 26.2 Å². The molecule has 11 heteroatoms. The third-order valence-corrected chi connectivity index (χ3v) is 8.05. The number of sulfone groups is 1. The van der Waals surface area contributed by atoms with Gasteiger partial charge in [0.25, 0.3) is 5.78 Å². The minimum atomic E-state index is -3.49. The molecule has 2 aromatic heterocycles. The van der Waals surface area contributed by atoms with Crippen LogP contribution in [0.25, 0.3) is 16.0 Å². The zero-order valence-electron chi connectivity index (χ0n) is 19.3. The summed E-state index contributed by atoms with van der Waals surface area (Å²) in [7, 11) is -3.49. The number of nitrogens with zero attached hydrogens (tertiary/aromatic N) is 2. The Labute approximate surface area is 209 Å². The number of Topliss-reactive ketones (excluding diaryl/α,β-unsaturated/α-hetero) is 1. The van der Waals surface area contributed by atoms with Gasteiger partial charge in [-0.3, -0.25) is 14.5 Å². The topological polar surface area (TPSA) is 118 Å². The van der Waals surface area contributed by atoms with Crippen molar-refractivity contribution in [2.24, 2.45) is 0 Å². The second kappa shape index (κ2) is 8.38. The molecule has 1 saturated heterocycles. The lowest BCUT2D eigenvalue weighted by Gasteiger charge is -2.23. The van der Waals surface area contributed by atoms with Crippen molar-refractivity contribution in [3.05, 3.63) is 82.6 Å².